The second-order valence-electron chi connectivity index (χ2n) is 5.74. The molecule has 0 aliphatic rings. The molecule has 0 saturated carbocycles. The summed E-state index contributed by atoms with van der Waals surface area (Å²) in [6.45, 7) is 2.41. The zero-order valence-corrected chi connectivity index (χ0v) is 13.9. The van der Waals surface area contributed by atoms with E-state index in [1.165, 1.54) is 0 Å². The normalized spacial score (nSPS) is 15.8. The lowest BCUT2D eigenvalue weighted by Crippen LogP contribution is -2.70. The SMILES string of the molecule is C=C(C)C(=O)OC[C@@H](O)CC(F)(F)C(F)(F)C(F)(F)C(F)(F)C(F)(F)C(F)(F)F. The number of carbonyl (C=O) groups is 1. The highest BCUT2D eigenvalue weighted by molar-refractivity contribution is 5.86. The predicted molar refractivity (Wildman–Crippen MR) is 67.2 cm³/mol. The van der Waals surface area contributed by atoms with Gasteiger partial charge in [0.2, 0.25) is 0 Å². The lowest BCUT2D eigenvalue weighted by atomic mass is 9.91. The van der Waals surface area contributed by atoms with Crippen LogP contribution in [-0.4, -0.2) is 59.6 Å². The molecule has 0 unspecified atom stereocenters. The molecule has 0 aromatic carbocycles. The fourth-order valence-corrected chi connectivity index (χ4v) is 1.58. The third-order valence-electron chi connectivity index (χ3n) is 3.25. The van der Waals surface area contributed by atoms with Gasteiger partial charge in [-0.05, 0) is 6.92 Å². The molecular weight excluding hydrogens is 451 g/mol. The molecule has 0 aromatic rings. The average molecular weight is 462 g/mol. The molecule has 0 aliphatic heterocycles. The second-order valence-corrected chi connectivity index (χ2v) is 5.74. The van der Waals surface area contributed by atoms with Crippen LogP contribution in [0.4, 0.5) is 57.1 Å². The van der Waals surface area contributed by atoms with Crippen LogP contribution in [0.3, 0.4) is 0 Å². The van der Waals surface area contributed by atoms with Crippen molar-refractivity contribution in [2.75, 3.05) is 6.61 Å². The van der Waals surface area contributed by atoms with Crippen LogP contribution >= 0.6 is 0 Å². The van der Waals surface area contributed by atoms with E-state index in [1.54, 1.807) is 0 Å². The molecule has 16 heteroatoms. The van der Waals surface area contributed by atoms with E-state index in [-0.39, 0.29) is 0 Å². The van der Waals surface area contributed by atoms with Crippen LogP contribution in [0.5, 0.6) is 0 Å². The first-order valence-electron chi connectivity index (χ1n) is 6.94. The van der Waals surface area contributed by atoms with Crippen molar-refractivity contribution >= 4 is 5.97 Å². The van der Waals surface area contributed by atoms with E-state index < -0.39 is 66.5 Å². The number of aliphatic hydroxyl groups excluding tert-OH is 1. The van der Waals surface area contributed by atoms with Gasteiger partial charge in [0.25, 0.3) is 0 Å². The molecule has 0 amide bonds. The maximum atomic E-state index is 13.4. The Balaban J connectivity index is 5.81. The summed E-state index contributed by atoms with van der Waals surface area (Å²) in [4.78, 5) is 10.9. The number of hydrogen-bond donors (Lipinski definition) is 1. The Morgan fingerprint density at radius 3 is 1.55 bits per heavy atom. The molecule has 0 radical (unpaired) electrons. The number of alkyl halides is 13. The molecule has 1 N–H and O–H groups in total. The van der Waals surface area contributed by atoms with Gasteiger partial charge in [-0.3, -0.25) is 0 Å². The van der Waals surface area contributed by atoms with Crippen LogP contribution < -0.4 is 0 Å². The van der Waals surface area contributed by atoms with Crippen molar-refractivity contribution in [1.29, 1.82) is 0 Å². The van der Waals surface area contributed by atoms with Crippen molar-refractivity contribution in [1.82, 2.24) is 0 Å². The number of hydrogen-bond acceptors (Lipinski definition) is 3. The van der Waals surface area contributed by atoms with Crippen LogP contribution in [0.25, 0.3) is 0 Å². The van der Waals surface area contributed by atoms with E-state index in [1.807, 2.05) is 0 Å². The monoisotopic (exact) mass is 462 g/mol. The maximum Gasteiger partial charge on any atom is 0.460 e. The highest BCUT2D eigenvalue weighted by atomic mass is 19.4. The Kier molecular flexibility index (Phi) is 7.36. The molecule has 0 rings (SSSR count). The molecule has 0 heterocycles. The molecular formula is C13H11F13O3. The van der Waals surface area contributed by atoms with Crippen molar-refractivity contribution in [2.24, 2.45) is 0 Å². The Hall–Kier alpha value is -1.74. The number of rotatable bonds is 9. The molecule has 0 aromatic heterocycles. The molecule has 0 aliphatic carbocycles. The minimum atomic E-state index is -8.01. The standard InChI is InChI=1S/C13H11F13O3/c1-5(2)7(28)29-4-6(27)3-8(14,15)9(16,17)10(18,19)11(20,21)12(22,23)13(24,25)26/h6,27H,1,3-4H2,2H3/t6-/m0/s1. The van der Waals surface area contributed by atoms with Gasteiger partial charge in [0.15, 0.2) is 0 Å². The summed E-state index contributed by atoms with van der Waals surface area (Å²) >= 11 is 0. The van der Waals surface area contributed by atoms with Gasteiger partial charge in [-0.2, -0.15) is 57.1 Å². The highest BCUT2D eigenvalue weighted by Crippen LogP contribution is 2.60. The van der Waals surface area contributed by atoms with E-state index in [4.69, 9.17) is 5.11 Å². The van der Waals surface area contributed by atoms with Gasteiger partial charge in [-0.15, -0.1) is 0 Å². The number of halogens is 13. The summed E-state index contributed by atoms with van der Waals surface area (Å²) < 4.78 is 171. The van der Waals surface area contributed by atoms with Crippen molar-refractivity contribution in [3.8, 4) is 0 Å². The van der Waals surface area contributed by atoms with Gasteiger partial charge < -0.3 is 9.84 Å². The fraction of sp³-hybridized carbons (Fsp3) is 0.769. The highest BCUT2D eigenvalue weighted by Gasteiger charge is 2.90. The van der Waals surface area contributed by atoms with Gasteiger partial charge in [0, 0.05) is 12.0 Å². The van der Waals surface area contributed by atoms with E-state index in [0.717, 1.165) is 6.92 Å². The van der Waals surface area contributed by atoms with E-state index in [2.05, 4.69) is 11.3 Å². The maximum absolute atomic E-state index is 13.4. The van der Waals surface area contributed by atoms with Crippen molar-refractivity contribution in [2.45, 2.75) is 55.2 Å². The molecule has 3 nitrogen and oxygen atoms in total. The van der Waals surface area contributed by atoms with Crippen LogP contribution in [-0.2, 0) is 9.53 Å². The van der Waals surface area contributed by atoms with Gasteiger partial charge in [0.1, 0.15) is 6.61 Å². The molecule has 0 saturated heterocycles. The zero-order valence-electron chi connectivity index (χ0n) is 13.9. The molecule has 0 spiro atoms. The second kappa shape index (κ2) is 7.83. The van der Waals surface area contributed by atoms with Crippen molar-refractivity contribution in [3.05, 3.63) is 12.2 Å². The summed E-state index contributed by atoms with van der Waals surface area (Å²) in [6, 6.07) is 0. The first-order chi connectivity index (χ1) is 12.5. The molecule has 0 fully saturated rings. The Morgan fingerprint density at radius 2 is 1.21 bits per heavy atom. The average Bonchev–Trinajstić information content (AvgIpc) is 2.49. The lowest BCUT2D eigenvalue weighted by Gasteiger charge is -2.40. The summed E-state index contributed by atoms with van der Waals surface area (Å²) in [6.07, 6.45) is -13.3. The van der Waals surface area contributed by atoms with Crippen molar-refractivity contribution < 1.29 is 71.7 Å². The summed E-state index contributed by atoms with van der Waals surface area (Å²) in [5.74, 6) is -39.1. The van der Waals surface area contributed by atoms with E-state index >= 15 is 0 Å². The summed E-state index contributed by atoms with van der Waals surface area (Å²) in [5.41, 5.74) is -0.394. The Bertz CT molecular complexity index is 624. The third-order valence-corrected chi connectivity index (χ3v) is 3.25. The number of ether oxygens (including phenoxy) is 1. The first-order valence-corrected chi connectivity index (χ1v) is 6.94. The van der Waals surface area contributed by atoms with Gasteiger partial charge >= 0.3 is 41.8 Å². The number of aliphatic hydroxyl groups is 1. The number of carbonyl (C=O) groups excluding carboxylic acids is 1. The zero-order chi connectivity index (χ0) is 23.9. The van der Waals surface area contributed by atoms with Crippen LogP contribution in [0.1, 0.15) is 13.3 Å². The minimum Gasteiger partial charge on any atom is -0.460 e. The molecule has 0 bridgehead atoms. The Labute approximate surface area is 153 Å². The number of esters is 1. The molecule has 1 atom stereocenters. The fourth-order valence-electron chi connectivity index (χ4n) is 1.58. The van der Waals surface area contributed by atoms with E-state index in [0.29, 0.717) is 0 Å². The van der Waals surface area contributed by atoms with Crippen LogP contribution in [0.2, 0.25) is 0 Å². The molecule has 29 heavy (non-hydrogen) atoms. The van der Waals surface area contributed by atoms with Crippen molar-refractivity contribution in [3.63, 3.8) is 0 Å². The minimum absolute atomic E-state index is 0.394. The summed E-state index contributed by atoms with van der Waals surface area (Å²) in [7, 11) is 0. The topological polar surface area (TPSA) is 46.5 Å². The quantitative estimate of drug-likeness (QED) is 0.310. The smallest absolute Gasteiger partial charge is 0.460 e. The predicted octanol–water partition coefficient (Wildman–Crippen LogP) is 4.60. The third kappa shape index (κ3) is 4.71. The van der Waals surface area contributed by atoms with Gasteiger partial charge in [-0.25, -0.2) is 4.79 Å². The van der Waals surface area contributed by atoms with Crippen LogP contribution in [0.15, 0.2) is 12.2 Å². The van der Waals surface area contributed by atoms with Gasteiger partial charge in [0.05, 0.1) is 6.10 Å². The Morgan fingerprint density at radius 1 is 0.828 bits per heavy atom. The van der Waals surface area contributed by atoms with E-state index in [9.17, 15) is 61.9 Å². The first kappa shape index (κ1) is 27.3. The van der Waals surface area contributed by atoms with Crippen LogP contribution in [0, 0.1) is 0 Å². The summed E-state index contributed by atoms with van der Waals surface area (Å²) in [5, 5.41) is 9.06. The van der Waals surface area contributed by atoms with Gasteiger partial charge in [-0.1, -0.05) is 6.58 Å². The molecule has 172 valence electrons. The largest absolute Gasteiger partial charge is 0.460 e. The lowest BCUT2D eigenvalue weighted by molar-refractivity contribution is -0.440.